The number of rotatable bonds is 16. The van der Waals surface area contributed by atoms with Crippen LogP contribution >= 0.6 is 35.1 Å². The number of amidine groups is 2. The number of aryl methyl sites for hydroxylation is 2. The highest BCUT2D eigenvalue weighted by Crippen LogP contribution is 2.36. The molecular weight excluding hydrogens is 926 g/mol. The molecule has 6 rings (SSSR count). The van der Waals surface area contributed by atoms with Gasteiger partial charge in [-0.15, -0.1) is 35.1 Å². The summed E-state index contributed by atoms with van der Waals surface area (Å²) in [5, 5.41) is 29.3. The molecule has 0 unspecified atom stereocenters. The van der Waals surface area contributed by atoms with Crippen molar-refractivity contribution in [3.8, 4) is 0 Å². The molecule has 2 aromatic heterocycles. The van der Waals surface area contributed by atoms with Crippen molar-refractivity contribution in [2.75, 3.05) is 6.54 Å². The number of benzene rings is 2. The molecule has 0 radical (unpaired) electrons. The lowest BCUT2D eigenvalue weighted by atomic mass is 9.77. The van der Waals surface area contributed by atoms with E-state index in [1.165, 1.54) is 33.1 Å². The summed E-state index contributed by atoms with van der Waals surface area (Å²) in [5.74, 6) is 0.0934. The van der Waals surface area contributed by atoms with Crippen LogP contribution in [0.4, 0.5) is 4.79 Å². The Bertz CT molecular complexity index is 2350. The summed E-state index contributed by atoms with van der Waals surface area (Å²) >= 11 is 2.75. The molecule has 2 fully saturated rings. The molecule has 0 bridgehead atoms. The van der Waals surface area contributed by atoms with Crippen LogP contribution in [-0.2, 0) is 36.8 Å². The third-order valence-electron chi connectivity index (χ3n) is 12.1. The van der Waals surface area contributed by atoms with Crippen LogP contribution in [0.3, 0.4) is 0 Å². The molecule has 1 saturated carbocycles. The number of carbonyl (C=O) groups excluding carboxylic acids is 5. The second kappa shape index (κ2) is 26.1. The van der Waals surface area contributed by atoms with Crippen LogP contribution in [0.2, 0.25) is 0 Å². The van der Waals surface area contributed by atoms with Crippen LogP contribution in [0.15, 0.2) is 95.2 Å². The highest BCUT2D eigenvalue weighted by molar-refractivity contribution is 7.14. The van der Waals surface area contributed by atoms with E-state index in [4.69, 9.17) is 26.6 Å². The normalized spacial score (nSPS) is 19.5. The first-order valence-electron chi connectivity index (χ1n) is 22.8. The zero-order valence-electron chi connectivity index (χ0n) is 39.4. The molecule has 68 heavy (non-hydrogen) atoms. The lowest BCUT2D eigenvalue weighted by Crippen LogP contribution is -2.56. The van der Waals surface area contributed by atoms with E-state index in [0.717, 1.165) is 47.4 Å². The topological polar surface area (TPSA) is 239 Å². The maximum atomic E-state index is 13.4. The van der Waals surface area contributed by atoms with Gasteiger partial charge in [0.25, 0.3) is 0 Å². The van der Waals surface area contributed by atoms with E-state index in [2.05, 4.69) is 33.1 Å². The second-order valence-corrected chi connectivity index (χ2v) is 20.5. The van der Waals surface area contributed by atoms with Gasteiger partial charge in [-0.25, -0.2) is 4.79 Å². The van der Waals surface area contributed by atoms with Crippen LogP contribution < -0.4 is 22.1 Å². The Morgan fingerprint density at radius 1 is 0.706 bits per heavy atom. The number of likely N-dealkylation sites (tertiary alicyclic amines) is 1. The first-order chi connectivity index (χ1) is 32.0. The molecule has 368 valence electrons. The monoisotopic (exact) mass is 991 g/mol. The number of nitrogens with one attached hydrogen (secondary N) is 2. The van der Waals surface area contributed by atoms with Gasteiger partial charge in [-0.3, -0.25) is 24.1 Å². The minimum atomic E-state index is -0.746. The Balaban J connectivity index is 0.000000298. The van der Waals surface area contributed by atoms with E-state index in [0.29, 0.717) is 47.9 Å². The van der Waals surface area contributed by atoms with E-state index in [1.54, 1.807) is 46.8 Å². The van der Waals surface area contributed by atoms with Crippen LogP contribution in [0.25, 0.3) is 0 Å². The summed E-state index contributed by atoms with van der Waals surface area (Å²) in [4.78, 5) is 69.1. The van der Waals surface area contributed by atoms with Crippen molar-refractivity contribution in [3.63, 3.8) is 0 Å². The molecule has 15 nitrogen and oxygen atoms in total. The minimum Gasteiger partial charge on any atom is -0.444 e. The molecule has 2 aliphatic rings. The first kappa shape index (κ1) is 54.8. The molecule has 2 aromatic carbocycles. The molecule has 1 saturated heterocycles. The SMILES string of the molecule is C[C@H](NC(=O)[C@@H]1CCC[C@H](c2ccccc2)C1)C(=O)CCc1ccc(/C(N)=N/O)s1.C[C@H](NC(=O)[C@H]1C[C@@H](c2ccccc2)CCN1C(=O)OC(C)(C)C)C(=O)CCc1ccc(/C(N)=N/O)s1.Cl. The number of ether oxygens (including phenoxy) is 1. The molecule has 18 heteroatoms. The molecule has 1 aliphatic heterocycles. The largest absolute Gasteiger partial charge is 0.444 e. The fourth-order valence-corrected chi connectivity index (χ4v) is 10.2. The highest BCUT2D eigenvalue weighted by atomic mass is 35.5. The summed E-state index contributed by atoms with van der Waals surface area (Å²) < 4.78 is 5.57. The van der Waals surface area contributed by atoms with Crippen molar-refractivity contribution in [3.05, 3.63) is 116 Å². The minimum absolute atomic E-state index is 0. The molecule has 3 heterocycles. The number of Topliss-reactive ketones (excluding diaryl/α,β-unsaturated/α-hetero) is 2. The average molecular weight is 993 g/mol. The predicted molar refractivity (Wildman–Crippen MR) is 269 cm³/mol. The van der Waals surface area contributed by atoms with Crippen molar-refractivity contribution in [1.29, 1.82) is 0 Å². The Morgan fingerprint density at radius 2 is 1.18 bits per heavy atom. The van der Waals surface area contributed by atoms with Crippen molar-refractivity contribution >= 4 is 76.2 Å². The number of amides is 3. The molecule has 1 aliphatic carbocycles. The smallest absolute Gasteiger partial charge is 0.410 e. The zero-order valence-corrected chi connectivity index (χ0v) is 41.8. The van der Waals surface area contributed by atoms with Crippen molar-refractivity contribution in [2.45, 2.75) is 134 Å². The van der Waals surface area contributed by atoms with E-state index < -0.39 is 29.8 Å². The lowest BCUT2D eigenvalue weighted by Gasteiger charge is -2.39. The molecule has 6 atom stereocenters. The van der Waals surface area contributed by atoms with Gasteiger partial charge < -0.3 is 37.3 Å². The summed E-state index contributed by atoms with van der Waals surface area (Å²) in [6.45, 7) is 9.17. The van der Waals surface area contributed by atoms with Crippen LogP contribution in [0, 0.1) is 5.92 Å². The van der Waals surface area contributed by atoms with Crippen LogP contribution in [0.5, 0.6) is 0 Å². The van der Waals surface area contributed by atoms with Crippen molar-refractivity contribution < 1.29 is 39.1 Å². The van der Waals surface area contributed by atoms with E-state index in [-0.39, 0.29) is 65.7 Å². The van der Waals surface area contributed by atoms with Gasteiger partial charge >= 0.3 is 6.09 Å². The second-order valence-electron chi connectivity index (χ2n) is 18.2. The van der Waals surface area contributed by atoms with E-state index >= 15 is 0 Å². The third kappa shape index (κ3) is 16.2. The number of ketones is 2. The Morgan fingerprint density at radius 3 is 1.65 bits per heavy atom. The van der Waals surface area contributed by atoms with E-state index in [1.807, 2.05) is 60.7 Å². The lowest BCUT2D eigenvalue weighted by molar-refractivity contribution is -0.131. The molecule has 4 aromatic rings. The van der Waals surface area contributed by atoms with Crippen LogP contribution in [-0.4, -0.2) is 86.7 Å². The highest BCUT2D eigenvalue weighted by Gasteiger charge is 2.39. The quantitative estimate of drug-likeness (QED) is 0.0272. The van der Waals surface area contributed by atoms with Crippen molar-refractivity contribution in [1.82, 2.24) is 15.5 Å². The number of thiophene rings is 2. The third-order valence-corrected chi connectivity index (χ3v) is 14.4. The average Bonchev–Trinajstić information content (AvgIpc) is 4.02. The van der Waals surface area contributed by atoms with Gasteiger partial charge in [-0.1, -0.05) is 77.4 Å². The number of hydrogen-bond acceptors (Lipinski definition) is 12. The van der Waals surface area contributed by atoms with Crippen molar-refractivity contribution in [2.24, 2.45) is 27.7 Å². The summed E-state index contributed by atoms with van der Waals surface area (Å²) in [6, 6.07) is 25.6. The first-order valence-corrected chi connectivity index (χ1v) is 24.5. The molecule has 8 N–H and O–H groups in total. The number of nitrogens with zero attached hydrogens (tertiary/aromatic N) is 3. The van der Waals surface area contributed by atoms with Gasteiger partial charge in [-0.05, 0) is 127 Å². The fourth-order valence-electron chi connectivity index (χ4n) is 8.36. The Labute approximate surface area is 413 Å². The molecule has 3 amide bonds. The van der Waals surface area contributed by atoms with Gasteiger partial charge in [-0.2, -0.15) is 0 Å². The number of hydrogen-bond donors (Lipinski definition) is 6. The zero-order chi connectivity index (χ0) is 48.7. The number of nitrogens with two attached hydrogens (primary N) is 2. The van der Waals surface area contributed by atoms with Gasteiger partial charge in [0, 0.05) is 35.1 Å². The van der Waals surface area contributed by atoms with Gasteiger partial charge in [0.2, 0.25) is 11.8 Å². The van der Waals surface area contributed by atoms with Gasteiger partial charge in [0.05, 0.1) is 21.8 Å². The summed E-state index contributed by atoms with van der Waals surface area (Å²) in [5.41, 5.74) is 12.9. The number of piperidine rings is 1. The number of oxime groups is 2. The fraction of sp³-hybridized carbons (Fsp3) is 0.460. The summed E-state index contributed by atoms with van der Waals surface area (Å²) in [6.07, 6.45) is 6.10. The summed E-state index contributed by atoms with van der Waals surface area (Å²) in [7, 11) is 0. The molecule has 0 spiro atoms. The number of carbonyl (C=O) groups is 5. The molecular formula is C50H66ClN7O8S2. The predicted octanol–water partition coefficient (Wildman–Crippen LogP) is 8.28. The maximum absolute atomic E-state index is 13.4. The standard InChI is InChI=1S/C27H36N4O5S.C23H29N3O3S.ClH/c1-17(22(32)12-10-20-11-13-23(37-20)24(28)30-35)29-25(33)21-16-19(18-8-6-5-7-9-18)14-15-31(21)26(34)36-27(2,3)4;1-15(20(27)12-10-19-11-13-21(30-19)22(24)26-29)25-23(28)18-9-5-8-17(14-18)16-6-3-2-4-7-16;/h5-9,11,13,17,19,21,35H,10,12,14-16H2,1-4H3,(H2,28,30)(H,29,33);2-4,6-7,11,13,15,17-18,29H,5,8-10,12,14H2,1H3,(H2,24,26)(H,25,28);1H/t17-,19-,21+;15-,17-,18+;/m00./s1. The maximum Gasteiger partial charge on any atom is 0.410 e. The Hall–Kier alpha value is -5.78. The van der Waals surface area contributed by atoms with Gasteiger partial charge in [0.1, 0.15) is 11.6 Å². The Kier molecular flexibility index (Phi) is 21.0. The van der Waals surface area contributed by atoms with E-state index in [9.17, 15) is 24.0 Å². The van der Waals surface area contributed by atoms with Gasteiger partial charge in [0.15, 0.2) is 23.2 Å². The number of halogens is 1. The van der Waals surface area contributed by atoms with Crippen LogP contribution in [0.1, 0.15) is 128 Å².